The second kappa shape index (κ2) is 9.15. The second-order valence-electron chi connectivity index (χ2n) is 7.21. The Balaban J connectivity index is 1.82. The molecular formula is C22H26N4O2S. The van der Waals surface area contributed by atoms with Gasteiger partial charge in [-0.05, 0) is 63.0 Å². The molecule has 0 aliphatic carbocycles. The predicted molar refractivity (Wildman–Crippen MR) is 120 cm³/mol. The Bertz CT molecular complexity index is 1110. The quantitative estimate of drug-likeness (QED) is 0.572. The molecule has 0 bridgehead atoms. The molecule has 1 N–H and O–H groups in total. The number of benzene rings is 2. The smallest absolute Gasteiger partial charge is 0.175 e. The average molecular weight is 411 g/mol. The van der Waals surface area contributed by atoms with Crippen LogP contribution in [0, 0.1) is 0 Å². The summed E-state index contributed by atoms with van der Waals surface area (Å²) < 4.78 is 23.2. The molecule has 0 saturated heterocycles. The summed E-state index contributed by atoms with van der Waals surface area (Å²) in [6.45, 7) is 1.83. The van der Waals surface area contributed by atoms with E-state index < -0.39 is 9.84 Å². The fraction of sp³-hybridized carbons (Fsp3) is 0.273. The van der Waals surface area contributed by atoms with Crippen LogP contribution in [0.25, 0.3) is 23.1 Å². The van der Waals surface area contributed by atoms with Crippen LogP contribution in [-0.2, 0) is 9.84 Å². The third-order valence-corrected chi connectivity index (χ3v) is 5.56. The number of fused-ring (bicyclic) bond motifs is 1. The van der Waals surface area contributed by atoms with Crippen LogP contribution in [0.15, 0.2) is 53.4 Å². The van der Waals surface area contributed by atoms with Gasteiger partial charge in [0.1, 0.15) is 5.82 Å². The van der Waals surface area contributed by atoms with Gasteiger partial charge in [0, 0.05) is 18.2 Å². The summed E-state index contributed by atoms with van der Waals surface area (Å²) in [4.78, 5) is 11.8. The molecule has 0 atom stereocenters. The summed E-state index contributed by atoms with van der Waals surface area (Å²) in [5, 5.41) is 4.42. The van der Waals surface area contributed by atoms with E-state index in [2.05, 4.69) is 34.3 Å². The minimum Gasteiger partial charge on any atom is -0.369 e. The summed E-state index contributed by atoms with van der Waals surface area (Å²) in [6.07, 6.45) is 5.94. The highest BCUT2D eigenvalue weighted by atomic mass is 32.2. The minimum atomic E-state index is -3.19. The molecular weight excluding hydrogens is 384 g/mol. The lowest BCUT2D eigenvalue weighted by atomic mass is 10.2. The summed E-state index contributed by atoms with van der Waals surface area (Å²) in [5.41, 5.74) is 1.76. The van der Waals surface area contributed by atoms with Gasteiger partial charge in [-0.1, -0.05) is 30.3 Å². The van der Waals surface area contributed by atoms with E-state index in [0.717, 1.165) is 41.8 Å². The van der Waals surface area contributed by atoms with Crippen molar-refractivity contribution >= 4 is 38.7 Å². The molecule has 7 heteroatoms. The monoisotopic (exact) mass is 410 g/mol. The Morgan fingerprint density at radius 3 is 2.41 bits per heavy atom. The maximum absolute atomic E-state index is 11.6. The Hall–Kier alpha value is -2.77. The number of hydrogen-bond donors (Lipinski definition) is 1. The lowest BCUT2D eigenvalue weighted by Gasteiger charge is -2.12. The molecule has 0 radical (unpaired) electrons. The topological polar surface area (TPSA) is 75.2 Å². The van der Waals surface area contributed by atoms with Crippen molar-refractivity contribution in [3.8, 4) is 0 Å². The molecule has 0 aliphatic rings. The van der Waals surface area contributed by atoms with Crippen LogP contribution in [0.3, 0.4) is 0 Å². The van der Waals surface area contributed by atoms with Crippen molar-refractivity contribution in [2.45, 2.75) is 11.3 Å². The van der Waals surface area contributed by atoms with Gasteiger partial charge in [-0.2, -0.15) is 0 Å². The number of hydrogen-bond acceptors (Lipinski definition) is 6. The molecule has 0 saturated carbocycles. The molecule has 6 nitrogen and oxygen atoms in total. The summed E-state index contributed by atoms with van der Waals surface area (Å²) in [6, 6.07) is 14.7. The molecule has 0 spiro atoms. The highest BCUT2D eigenvalue weighted by molar-refractivity contribution is 7.90. The van der Waals surface area contributed by atoms with Gasteiger partial charge in [-0.3, -0.25) is 0 Å². The standard InChI is InChI=1S/C22H26N4O2S/c1-26(2)16-6-15-23-22-19-7-4-5-8-20(19)24-21(25-22)14-11-17-9-12-18(13-10-17)29(3,27)28/h4-5,7-14H,6,15-16H2,1-3H3,(H,23,24,25). The van der Waals surface area contributed by atoms with Crippen LogP contribution in [0.1, 0.15) is 17.8 Å². The van der Waals surface area contributed by atoms with Gasteiger partial charge in [0.2, 0.25) is 0 Å². The number of para-hydroxylation sites is 1. The van der Waals surface area contributed by atoms with Gasteiger partial charge in [-0.25, -0.2) is 18.4 Å². The number of nitrogens with zero attached hydrogens (tertiary/aromatic N) is 3. The second-order valence-corrected chi connectivity index (χ2v) is 9.22. The van der Waals surface area contributed by atoms with Crippen molar-refractivity contribution < 1.29 is 8.42 Å². The predicted octanol–water partition coefficient (Wildman–Crippen LogP) is 3.57. The van der Waals surface area contributed by atoms with Gasteiger partial charge in [-0.15, -0.1) is 0 Å². The lowest BCUT2D eigenvalue weighted by molar-refractivity contribution is 0.405. The molecule has 0 fully saturated rings. The highest BCUT2D eigenvalue weighted by Gasteiger charge is 2.07. The summed E-state index contributed by atoms with van der Waals surface area (Å²) in [7, 11) is 0.929. The molecule has 0 amide bonds. The van der Waals surface area contributed by atoms with Crippen molar-refractivity contribution in [1.29, 1.82) is 0 Å². The number of nitrogens with one attached hydrogen (secondary N) is 1. The van der Waals surface area contributed by atoms with Crippen LogP contribution in [0.2, 0.25) is 0 Å². The first-order valence-electron chi connectivity index (χ1n) is 9.46. The summed E-state index contributed by atoms with van der Waals surface area (Å²) >= 11 is 0. The first kappa shape index (κ1) is 21.0. The zero-order valence-electron chi connectivity index (χ0n) is 17.0. The first-order chi connectivity index (χ1) is 13.8. The van der Waals surface area contributed by atoms with Crippen molar-refractivity contribution in [2.24, 2.45) is 0 Å². The van der Waals surface area contributed by atoms with E-state index in [0.29, 0.717) is 10.7 Å². The normalized spacial score (nSPS) is 12.1. The molecule has 1 heterocycles. The van der Waals surface area contributed by atoms with E-state index in [1.807, 2.05) is 36.4 Å². The Morgan fingerprint density at radius 1 is 1.00 bits per heavy atom. The molecule has 1 aromatic heterocycles. The van der Waals surface area contributed by atoms with Gasteiger partial charge in [0.05, 0.1) is 10.4 Å². The molecule has 0 aliphatic heterocycles. The van der Waals surface area contributed by atoms with Crippen molar-refractivity contribution in [3.05, 3.63) is 59.9 Å². The number of sulfone groups is 1. The van der Waals surface area contributed by atoms with Crippen LogP contribution >= 0.6 is 0 Å². The molecule has 3 aromatic rings. The Kier molecular flexibility index (Phi) is 6.61. The number of aromatic nitrogens is 2. The lowest BCUT2D eigenvalue weighted by Crippen LogP contribution is -2.16. The van der Waals surface area contributed by atoms with E-state index in [4.69, 9.17) is 0 Å². The fourth-order valence-electron chi connectivity index (χ4n) is 2.90. The minimum absolute atomic E-state index is 0.306. The van der Waals surface area contributed by atoms with Crippen molar-refractivity contribution in [2.75, 3.05) is 38.8 Å². The summed E-state index contributed by atoms with van der Waals surface area (Å²) in [5.74, 6) is 1.42. The molecule has 152 valence electrons. The van der Waals surface area contributed by atoms with Crippen LogP contribution in [0.4, 0.5) is 5.82 Å². The van der Waals surface area contributed by atoms with Crippen LogP contribution < -0.4 is 5.32 Å². The molecule has 29 heavy (non-hydrogen) atoms. The maximum atomic E-state index is 11.6. The van der Waals surface area contributed by atoms with Gasteiger partial charge < -0.3 is 10.2 Å². The zero-order valence-corrected chi connectivity index (χ0v) is 17.8. The van der Waals surface area contributed by atoms with Crippen molar-refractivity contribution in [3.63, 3.8) is 0 Å². The Morgan fingerprint density at radius 2 is 1.72 bits per heavy atom. The highest BCUT2D eigenvalue weighted by Crippen LogP contribution is 2.21. The third-order valence-electron chi connectivity index (χ3n) is 4.43. The number of anilines is 1. The van der Waals surface area contributed by atoms with Gasteiger partial charge >= 0.3 is 0 Å². The van der Waals surface area contributed by atoms with E-state index in [1.165, 1.54) is 6.26 Å². The van der Waals surface area contributed by atoms with Crippen LogP contribution in [0.5, 0.6) is 0 Å². The first-order valence-corrected chi connectivity index (χ1v) is 11.4. The van der Waals surface area contributed by atoms with Gasteiger partial charge in [0.25, 0.3) is 0 Å². The maximum Gasteiger partial charge on any atom is 0.175 e. The fourth-order valence-corrected chi connectivity index (χ4v) is 3.53. The van der Waals surface area contributed by atoms with E-state index in [9.17, 15) is 8.42 Å². The van der Waals surface area contributed by atoms with E-state index in [-0.39, 0.29) is 0 Å². The largest absolute Gasteiger partial charge is 0.369 e. The van der Waals surface area contributed by atoms with Crippen LogP contribution in [-0.4, -0.2) is 56.7 Å². The molecule has 3 rings (SSSR count). The van der Waals surface area contributed by atoms with E-state index >= 15 is 0 Å². The molecule has 0 unspecified atom stereocenters. The average Bonchev–Trinajstić information content (AvgIpc) is 2.69. The third kappa shape index (κ3) is 5.85. The van der Waals surface area contributed by atoms with Gasteiger partial charge in [0.15, 0.2) is 15.7 Å². The number of rotatable bonds is 8. The Labute approximate surface area is 172 Å². The van der Waals surface area contributed by atoms with E-state index in [1.54, 1.807) is 24.3 Å². The van der Waals surface area contributed by atoms with Crippen molar-refractivity contribution in [1.82, 2.24) is 14.9 Å². The SMILES string of the molecule is CN(C)CCCNc1nc(C=Cc2ccc(S(C)(=O)=O)cc2)nc2ccccc12. The molecule has 2 aromatic carbocycles. The zero-order chi connectivity index (χ0) is 20.9.